The summed E-state index contributed by atoms with van der Waals surface area (Å²) in [4.78, 5) is 25.9. The number of carbonyl (C=O) groups is 2. The minimum Gasteiger partial charge on any atom is -0.454 e. The first-order valence-corrected chi connectivity index (χ1v) is 8.13. The van der Waals surface area contributed by atoms with Crippen molar-refractivity contribution >= 4 is 40.6 Å². The number of methoxy groups -OCH3 is 1. The molecule has 1 saturated heterocycles. The lowest BCUT2D eigenvalue weighted by molar-refractivity contribution is -0.122. The van der Waals surface area contributed by atoms with Crippen molar-refractivity contribution in [2.75, 3.05) is 27.1 Å². The maximum atomic E-state index is 12.3. The first kappa shape index (κ1) is 16.2. The lowest BCUT2D eigenvalue weighted by Crippen LogP contribution is -2.29. The number of rotatable bonds is 5. The largest absolute Gasteiger partial charge is 0.454 e. The maximum absolute atomic E-state index is 12.3. The Bertz CT molecular complexity index is 691. The number of fused-ring (bicyclic) bond motifs is 1. The minimum atomic E-state index is -0.315. The number of ether oxygens (including phenoxy) is 3. The summed E-state index contributed by atoms with van der Waals surface area (Å²) >= 11 is 7.10. The molecule has 2 amide bonds. The predicted molar refractivity (Wildman–Crippen MR) is 86.7 cm³/mol. The third kappa shape index (κ3) is 3.31. The van der Waals surface area contributed by atoms with Gasteiger partial charge in [0, 0.05) is 26.3 Å². The third-order valence-corrected chi connectivity index (χ3v) is 4.62. The highest BCUT2D eigenvalue weighted by Crippen LogP contribution is 2.39. The van der Waals surface area contributed by atoms with Crippen molar-refractivity contribution in [2.45, 2.75) is 6.42 Å². The van der Waals surface area contributed by atoms with Gasteiger partial charge in [0.15, 0.2) is 11.5 Å². The Morgan fingerprint density at radius 3 is 2.83 bits per heavy atom. The number of halogens is 1. The molecule has 0 unspecified atom stereocenters. The highest BCUT2D eigenvalue weighted by atomic mass is 35.5. The summed E-state index contributed by atoms with van der Waals surface area (Å²) in [6, 6.07) is 3.34. The van der Waals surface area contributed by atoms with E-state index in [4.69, 9.17) is 25.8 Å². The zero-order valence-electron chi connectivity index (χ0n) is 12.3. The van der Waals surface area contributed by atoms with Gasteiger partial charge in [0.2, 0.25) is 6.79 Å². The van der Waals surface area contributed by atoms with Gasteiger partial charge in [-0.25, -0.2) is 0 Å². The fourth-order valence-electron chi connectivity index (χ4n) is 2.24. The number of nitrogens with zero attached hydrogens (tertiary/aromatic N) is 1. The lowest BCUT2D eigenvalue weighted by atomic mass is 10.2. The molecule has 1 aromatic carbocycles. The number of hydrogen-bond donors (Lipinski definition) is 0. The number of amides is 2. The summed E-state index contributed by atoms with van der Waals surface area (Å²) in [6.07, 6.45) is 2.21. The van der Waals surface area contributed by atoms with Crippen LogP contribution in [0.15, 0.2) is 17.0 Å². The van der Waals surface area contributed by atoms with Crippen LogP contribution in [0.4, 0.5) is 4.79 Å². The molecule has 0 bridgehead atoms. The first-order chi connectivity index (χ1) is 11.1. The van der Waals surface area contributed by atoms with E-state index in [1.165, 1.54) is 4.90 Å². The molecule has 8 heteroatoms. The quantitative estimate of drug-likeness (QED) is 0.597. The Morgan fingerprint density at radius 1 is 1.35 bits per heavy atom. The van der Waals surface area contributed by atoms with E-state index in [9.17, 15) is 9.59 Å². The van der Waals surface area contributed by atoms with Gasteiger partial charge in [-0.05, 0) is 35.9 Å². The molecule has 0 aliphatic carbocycles. The number of thioether (sulfide) groups is 1. The van der Waals surface area contributed by atoms with Crippen molar-refractivity contribution in [3.8, 4) is 11.5 Å². The summed E-state index contributed by atoms with van der Waals surface area (Å²) in [5.41, 5.74) is 0.610. The zero-order valence-corrected chi connectivity index (χ0v) is 13.9. The molecular weight excluding hydrogens is 342 g/mol. The number of carbonyl (C=O) groups excluding carboxylic acids is 2. The minimum absolute atomic E-state index is 0.144. The summed E-state index contributed by atoms with van der Waals surface area (Å²) in [5.74, 6) is 0.824. The van der Waals surface area contributed by atoms with Crippen LogP contribution in [-0.4, -0.2) is 43.1 Å². The monoisotopic (exact) mass is 355 g/mol. The number of imide groups is 1. The Balaban J connectivity index is 1.81. The van der Waals surface area contributed by atoms with Crippen LogP contribution in [0.25, 0.3) is 6.08 Å². The Morgan fingerprint density at radius 2 is 2.09 bits per heavy atom. The molecule has 122 valence electrons. The topological polar surface area (TPSA) is 65.1 Å². The second-order valence-corrected chi connectivity index (χ2v) is 6.31. The van der Waals surface area contributed by atoms with Gasteiger partial charge in [-0.15, -0.1) is 0 Å². The molecule has 1 fully saturated rings. The zero-order chi connectivity index (χ0) is 16.4. The average Bonchev–Trinajstić information content (AvgIpc) is 3.07. The number of benzene rings is 1. The predicted octanol–water partition coefficient (Wildman–Crippen LogP) is 3.14. The van der Waals surface area contributed by atoms with Crippen molar-refractivity contribution in [3.63, 3.8) is 0 Å². The number of hydrogen-bond acceptors (Lipinski definition) is 6. The smallest absolute Gasteiger partial charge is 0.293 e. The van der Waals surface area contributed by atoms with E-state index in [0.717, 1.165) is 11.8 Å². The fraction of sp³-hybridized carbons (Fsp3) is 0.333. The van der Waals surface area contributed by atoms with Gasteiger partial charge < -0.3 is 14.2 Å². The summed E-state index contributed by atoms with van der Waals surface area (Å²) in [7, 11) is 1.58. The Labute approximate surface area is 142 Å². The molecule has 0 N–H and O–H groups in total. The van der Waals surface area contributed by atoms with Crippen LogP contribution in [0.3, 0.4) is 0 Å². The van der Waals surface area contributed by atoms with E-state index < -0.39 is 0 Å². The molecule has 0 spiro atoms. The van der Waals surface area contributed by atoms with Crippen LogP contribution in [0.5, 0.6) is 11.5 Å². The van der Waals surface area contributed by atoms with Crippen molar-refractivity contribution in [1.29, 1.82) is 0 Å². The summed E-state index contributed by atoms with van der Waals surface area (Å²) in [5, 5.41) is 0.148. The molecule has 2 aliphatic rings. The SMILES string of the molecule is COCCCN1C(=O)S/C(=C/c2cc3c(cc2Cl)OCO3)C1=O. The fourth-order valence-corrected chi connectivity index (χ4v) is 3.31. The second kappa shape index (κ2) is 6.82. The molecular formula is C15H14ClNO5S. The van der Waals surface area contributed by atoms with Crippen LogP contribution in [0.1, 0.15) is 12.0 Å². The van der Waals surface area contributed by atoms with Crippen LogP contribution in [-0.2, 0) is 9.53 Å². The van der Waals surface area contributed by atoms with Gasteiger partial charge in [-0.3, -0.25) is 14.5 Å². The first-order valence-electron chi connectivity index (χ1n) is 6.93. The molecule has 0 atom stereocenters. The molecule has 2 heterocycles. The van der Waals surface area contributed by atoms with E-state index in [1.807, 2.05) is 0 Å². The van der Waals surface area contributed by atoms with Crippen LogP contribution < -0.4 is 9.47 Å². The van der Waals surface area contributed by atoms with Crippen molar-refractivity contribution in [2.24, 2.45) is 0 Å². The van der Waals surface area contributed by atoms with E-state index in [1.54, 1.807) is 25.3 Å². The van der Waals surface area contributed by atoms with E-state index in [-0.39, 0.29) is 17.9 Å². The molecule has 6 nitrogen and oxygen atoms in total. The van der Waals surface area contributed by atoms with Crippen LogP contribution in [0.2, 0.25) is 5.02 Å². The van der Waals surface area contributed by atoms with E-state index in [2.05, 4.69) is 0 Å². The van der Waals surface area contributed by atoms with Crippen molar-refractivity contribution in [3.05, 3.63) is 27.6 Å². The van der Waals surface area contributed by atoms with E-state index >= 15 is 0 Å². The molecule has 2 aliphatic heterocycles. The molecule has 1 aromatic rings. The maximum Gasteiger partial charge on any atom is 0.293 e. The summed E-state index contributed by atoms with van der Waals surface area (Å²) in [6.45, 7) is 0.977. The van der Waals surface area contributed by atoms with Gasteiger partial charge >= 0.3 is 0 Å². The third-order valence-electron chi connectivity index (χ3n) is 3.38. The van der Waals surface area contributed by atoms with Gasteiger partial charge in [-0.2, -0.15) is 0 Å². The summed E-state index contributed by atoms with van der Waals surface area (Å²) < 4.78 is 15.5. The van der Waals surface area contributed by atoms with Gasteiger partial charge in [-0.1, -0.05) is 11.6 Å². The highest BCUT2D eigenvalue weighted by molar-refractivity contribution is 8.18. The van der Waals surface area contributed by atoms with Gasteiger partial charge in [0.1, 0.15) is 0 Å². The molecule has 0 saturated carbocycles. The molecule has 0 aromatic heterocycles. The average molecular weight is 356 g/mol. The van der Waals surface area contributed by atoms with Gasteiger partial charge in [0.25, 0.3) is 11.1 Å². The lowest BCUT2D eigenvalue weighted by Gasteiger charge is -2.11. The normalized spacial score (nSPS) is 18.3. The van der Waals surface area contributed by atoms with Crippen LogP contribution in [0, 0.1) is 0 Å². The van der Waals surface area contributed by atoms with Crippen molar-refractivity contribution < 1.29 is 23.8 Å². The van der Waals surface area contributed by atoms with E-state index in [0.29, 0.717) is 46.6 Å². The standard InChI is InChI=1S/C15H14ClNO5S/c1-20-4-2-3-17-14(18)13(23-15(17)19)6-9-5-11-12(7-10(9)16)22-8-21-11/h5-7H,2-4,8H2,1H3/b13-6+. The van der Waals surface area contributed by atoms with Crippen LogP contribution >= 0.6 is 23.4 Å². The van der Waals surface area contributed by atoms with Gasteiger partial charge in [0.05, 0.1) is 9.93 Å². The molecule has 3 rings (SSSR count). The Hall–Kier alpha value is -1.70. The molecule has 0 radical (unpaired) electrons. The second-order valence-electron chi connectivity index (χ2n) is 4.91. The molecule has 23 heavy (non-hydrogen) atoms. The van der Waals surface area contributed by atoms with Crippen molar-refractivity contribution in [1.82, 2.24) is 4.90 Å². The highest BCUT2D eigenvalue weighted by Gasteiger charge is 2.34. The Kier molecular flexibility index (Phi) is 4.79.